The first-order chi connectivity index (χ1) is 18.4. The summed E-state index contributed by atoms with van der Waals surface area (Å²) in [5, 5.41) is 0. The monoisotopic (exact) mass is 559 g/mol. The van der Waals surface area contributed by atoms with E-state index in [-0.39, 0.29) is 5.89 Å². The van der Waals surface area contributed by atoms with E-state index < -0.39 is 50.6 Å². The van der Waals surface area contributed by atoms with Gasteiger partial charge in [-0.25, -0.2) is 18.2 Å². The number of anilines is 1. The highest BCUT2D eigenvalue weighted by molar-refractivity contribution is 7.97. The maximum absolute atomic E-state index is 14.0. The molecule has 0 aliphatic rings. The Bertz CT molecular complexity index is 1530. The van der Waals surface area contributed by atoms with Crippen LogP contribution in [0, 0.1) is 29.1 Å². The predicted molar refractivity (Wildman–Crippen MR) is 130 cm³/mol. The van der Waals surface area contributed by atoms with Gasteiger partial charge in [0, 0.05) is 5.69 Å². The average Bonchev–Trinajstić information content (AvgIpc) is 3.39. The number of para-hydroxylation sites is 4. The molecule has 0 atom stereocenters. The summed E-state index contributed by atoms with van der Waals surface area (Å²) >= 11 is -0.706. The number of rotatable bonds is 9. The summed E-state index contributed by atoms with van der Waals surface area (Å²) in [4.78, 5) is 9.02. The fourth-order valence-corrected chi connectivity index (χ4v) is 4.79. The third-order valence-electron chi connectivity index (χ3n) is 5.09. The van der Waals surface area contributed by atoms with Gasteiger partial charge in [-0.3, -0.25) is 0 Å². The van der Waals surface area contributed by atoms with E-state index in [9.17, 15) is 22.0 Å². The molecule has 0 aliphatic heterocycles. The van der Waals surface area contributed by atoms with Crippen LogP contribution in [0.15, 0.2) is 83.3 Å². The van der Waals surface area contributed by atoms with Gasteiger partial charge in [-0.05, 0) is 36.4 Å². The molecule has 0 fully saturated rings. The van der Waals surface area contributed by atoms with Crippen molar-refractivity contribution in [1.29, 1.82) is 0 Å². The fourth-order valence-electron chi connectivity index (χ4n) is 3.30. The Labute approximate surface area is 223 Å². The number of halogens is 5. The van der Waals surface area contributed by atoms with Crippen LogP contribution < -0.4 is 12.0 Å². The highest BCUT2D eigenvalue weighted by Crippen LogP contribution is 2.36. The smallest absolute Gasteiger partial charge is 0.631 e. The van der Waals surface area contributed by atoms with Crippen molar-refractivity contribution in [2.45, 2.75) is 0 Å². The van der Waals surface area contributed by atoms with E-state index >= 15 is 0 Å². The van der Waals surface area contributed by atoms with Gasteiger partial charge in [-0.2, -0.15) is 8.78 Å². The van der Waals surface area contributed by atoms with Gasteiger partial charge in [-0.1, -0.05) is 46.8 Å². The van der Waals surface area contributed by atoms with Gasteiger partial charge in [0.25, 0.3) is 0 Å². The molecular weight excluding hydrogens is 546 g/mol. The van der Waals surface area contributed by atoms with Crippen molar-refractivity contribution >= 4 is 44.8 Å². The van der Waals surface area contributed by atoms with Gasteiger partial charge >= 0.3 is 15.8 Å². The molecule has 13 heteroatoms. The first kappa shape index (κ1) is 25.9. The zero-order valence-electron chi connectivity index (χ0n) is 18.9. The predicted octanol–water partition coefficient (Wildman–Crippen LogP) is 7.18. The molecule has 0 saturated heterocycles. The summed E-state index contributed by atoms with van der Waals surface area (Å²) in [7, 11) is 0. The number of hydrogen-bond donors (Lipinski definition) is 0. The van der Waals surface area contributed by atoms with Crippen LogP contribution in [0.1, 0.15) is 0 Å². The molecule has 5 rings (SSSR count). The van der Waals surface area contributed by atoms with Crippen LogP contribution in [0.2, 0.25) is 0 Å². The Morgan fingerprint density at radius 2 is 1.37 bits per heavy atom. The molecule has 0 N–H and O–H groups in total. The summed E-state index contributed by atoms with van der Waals surface area (Å²) < 4.78 is 86.5. The minimum Gasteiger partial charge on any atom is -0.631 e. The van der Waals surface area contributed by atoms with Crippen molar-refractivity contribution in [3.05, 3.63) is 108 Å². The topological polar surface area (TPSA) is 57.0 Å². The third-order valence-corrected chi connectivity index (χ3v) is 6.94. The summed E-state index contributed by atoms with van der Waals surface area (Å²) in [6.07, 6.45) is 0. The second kappa shape index (κ2) is 11.3. The lowest BCUT2D eigenvalue weighted by Gasteiger charge is -2.23. The quantitative estimate of drug-likeness (QED) is 0.0277. The molecule has 0 bridgehead atoms. The molecule has 0 amide bonds. The summed E-state index contributed by atoms with van der Waals surface area (Å²) in [6.45, 7) is 0. The van der Waals surface area contributed by atoms with E-state index in [0.717, 1.165) is 0 Å². The largest absolute Gasteiger partial charge is 0.728 e. The molecule has 38 heavy (non-hydrogen) atoms. The normalized spacial score (nSPS) is 11.0. The van der Waals surface area contributed by atoms with E-state index in [1.165, 1.54) is 3.29 Å². The summed E-state index contributed by atoms with van der Waals surface area (Å²) in [6, 6.07) is 22.8. The fraction of sp³-hybridized carbons (Fsp3) is 0. The number of nitrogens with zero attached hydrogens (tertiary/aromatic N) is 2. The van der Waals surface area contributed by atoms with Crippen LogP contribution in [-0.2, 0) is 4.33 Å². The molecule has 0 saturated carbocycles. The molecule has 5 aromatic rings. The van der Waals surface area contributed by atoms with Crippen LogP contribution in [0.3, 0.4) is 0 Å². The van der Waals surface area contributed by atoms with Gasteiger partial charge in [0.2, 0.25) is 40.7 Å². The average molecular weight is 559 g/mol. The molecule has 6 nitrogen and oxygen atoms in total. The molecular formula is C25H13AlF5N2O4S. The van der Waals surface area contributed by atoms with Crippen molar-refractivity contribution in [3.63, 3.8) is 0 Å². The number of hydrogen-bond acceptors (Lipinski definition) is 7. The van der Waals surface area contributed by atoms with E-state index in [0.29, 0.717) is 40.3 Å². The Morgan fingerprint density at radius 3 is 2.11 bits per heavy atom. The SMILES string of the molecule is Fc1c(F)c(F)c(OOS[N]([Al][O]c2ccccc2)c2ccccc2-c2nc3ccccc3o2)c(F)c1F. The molecule has 0 unspecified atom stereocenters. The minimum atomic E-state index is -2.31. The second-order valence-corrected chi connectivity index (χ2v) is 9.51. The summed E-state index contributed by atoms with van der Waals surface area (Å²) in [5.41, 5.74) is 2.14. The van der Waals surface area contributed by atoms with Gasteiger partial charge in [0.1, 0.15) is 17.7 Å². The first-order valence-electron chi connectivity index (χ1n) is 10.8. The van der Waals surface area contributed by atoms with E-state index in [2.05, 4.69) is 9.87 Å². The molecule has 0 aliphatic carbocycles. The number of benzene rings is 4. The van der Waals surface area contributed by atoms with Crippen LogP contribution in [0.4, 0.5) is 27.6 Å². The lowest BCUT2D eigenvalue weighted by atomic mass is 10.2. The first-order valence-corrected chi connectivity index (χ1v) is 12.4. The second-order valence-electron chi connectivity index (χ2n) is 7.49. The van der Waals surface area contributed by atoms with Crippen LogP contribution >= 0.6 is 12.2 Å². The third kappa shape index (κ3) is 5.27. The van der Waals surface area contributed by atoms with Gasteiger partial charge in [0.05, 0.1) is 11.3 Å². The van der Waals surface area contributed by atoms with Crippen molar-refractivity contribution in [1.82, 2.24) is 4.98 Å². The van der Waals surface area contributed by atoms with Crippen molar-refractivity contribution in [2.75, 3.05) is 3.29 Å². The maximum Gasteiger partial charge on any atom is 0.728 e. The Kier molecular flexibility index (Phi) is 7.71. The van der Waals surface area contributed by atoms with Crippen LogP contribution in [0.25, 0.3) is 22.6 Å². The van der Waals surface area contributed by atoms with Crippen molar-refractivity contribution < 1.29 is 39.4 Å². The lowest BCUT2D eigenvalue weighted by Crippen LogP contribution is -2.26. The number of oxazole rings is 1. The summed E-state index contributed by atoms with van der Waals surface area (Å²) in [5.74, 6) is -11.8. The molecule has 4 aromatic carbocycles. The molecule has 1 aromatic heterocycles. The lowest BCUT2D eigenvalue weighted by molar-refractivity contribution is -0.0858. The standard InChI is InChI=1S/C19H8F5N2O3S.C6H6O.Al/c20-13-14(21)16(23)18(17(24)15(13)22)28-29-30-26-10-6-2-1-5-9(10)19-25-11-7-3-4-8-12(11)27-19;7-6-4-2-1-3-5-6;/h1-8H;1-5,7H;/q-1;;+2/p-1. The highest BCUT2D eigenvalue weighted by Gasteiger charge is 2.29. The van der Waals surface area contributed by atoms with E-state index in [1.54, 1.807) is 72.8 Å². The van der Waals surface area contributed by atoms with E-state index in [4.69, 9.17) is 12.5 Å². The van der Waals surface area contributed by atoms with Crippen LogP contribution in [0.5, 0.6) is 11.5 Å². The Hall–Kier alpha value is -3.76. The van der Waals surface area contributed by atoms with E-state index in [1.807, 2.05) is 6.07 Å². The Morgan fingerprint density at radius 1 is 0.737 bits per heavy atom. The minimum absolute atomic E-state index is 0.271. The zero-order chi connectivity index (χ0) is 26.6. The van der Waals surface area contributed by atoms with Gasteiger partial charge < -0.3 is 16.4 Å². The number of aromatic nitrogens is 1. The van der Waals surface area contributed by atoms with Crippen molar-refractivity contribution in [2.24, 2.45) is 0 Å². The number of fused-ring (bicyclic) bond motifs is 1. The molecule has 1 heterocycles. The zero-order valence-corrected chi connectivity index (χ0v) is 20.9. The highest BCUT2D eigenvalue weighted by atomic mass is 32.2. The Balaban J connectivity index is 1.44. The van der Waals surface area contributed by atoms with Gasteiger partial charge in [0.15, 0.2) is 5.58 Å². The molecule has 0 spiro atoms. The maximum atomic E-state index is 14.0. The van der Waals surface area contributed by atoms with Crippen LogP contribution in [-0.4, -0.2) is 20.8 Å². The molecule has 1 radical (unpaired) electrons. The van der Waals surface area contributed by atoms with Crippen molar-refractivity contribution in [3.8, 4) is 23.0 Å². The molecule has 191 valence electrons. The van der Waals surface area contributed by atoms with Gasteiger partial charge in [-0.15, -0.1) is 0 Å².